The monoisotopic (exact) mass is 394 g/mol. The minimum absolute atomic E-state index is 0. The summed E-state index contributed by atoms with van der Waals surface area (Å²) in [5.41, 5.74) is 0. The van der Waals surface area contributed by atoms with E-state index in [0.29, 0.717) is 0 Å². The van der Waals surface area contributed by atoms with E-state index in [2.05, 4.69) is 0 Å². The summed E-state index contributed by atoms with van der Waals surface area (Å²) in [4.78, 5) is 0. The first kappa shape index (κ1) is 38.2. The van der Waals surface area contributed by atoms with E-state index >= 15 is 0 Å². The topological polar surface area (TPSA) is 57.0 Å². The Bertz CT molecular complexity index is 18.5. The molecule has 24 valence electrons. The maximum absolute atomic E-state index is 0. The molecule has 0 aliphatic rings. The predicted molar refractivity (Wildman–Crippen MR) is 17.3 cm³/mol. The molecule has 0 atom stereocenters. The molecule has 0 aliphatic carbocycles. The quantitative estimate of drug-likeness (QED) is 0.497. The predicted octanol–water partition coefficient (Wildman–Crippen LogP) is -0.552. The van der Waals surface area contributed by atoms with Crippen LogP contribution in [0.5, 0.6) is 0 Å². The molecule has 0 N–H and O–H groups in total. The van der Waals surface area contributed by atoms with Gasteiger partial charge in [0.1, 0.15) is 0 Å². The average Bonchev–Trinajstić information content (AvgIpc) is 0. The van der Waals surface area contributed by atoms with Crippen LogP contribution in [0.3, 0.4) is 0 Å². The summed E-state index contributed by atoms with van der Waals surface area (Å²) in [7, 11) is 0. The summed E-state index contributed by atoms with van der Waals surface area (Å²) in [6.45, 7) is 0. The largest absolute Gasteiger partial charge is 4.00 e. The Kier molecular flexibility index (Phi) is 195. The third kappa shape index (κ3) is 18.4. The summed E-state index contributed by atoms with van der Waals surface area (Å²) in [5.74, 6) is 0. The smallest absolute Gasteiger partial charge is 2.00 e. The Hall–Kier alpha value is 3.62. The van der Waals surface area contributed by atoms with Gasteiger partial charge in [0.15, 0.2) is 0 Å². The van der Waals surface area contributed by atoms with Gasteiger partial charge in [-0.2, -0.15) is 0 Å². The van der Waals surface area contributed by atoms with Crippen molar-refractivity contribution in [2.75, 3.05) is 0 Å². The molecule has 0 fully saturated rings. The van der Waals surface area contributed by atoms with Gasteiger partial charge in [-0.25, -0.2) is 0 Å². The molecule has 0 radical (unpaired) electrons. The molecule has 0 rings (SSSR count). The standard InChI is InChI=1S/Ba.Ca.Hf.2O.4H/q2*+2;+4;2*-2;4*-1. The summed E-state index contributed by atoms with van der Waals surface area (Å²) >= 11 is 0. The van der Waals surface area contributed by atoms with Crippen LogP contribution in [0.2, 0.25) is 0 Å². The van der Waals surface area contributed by atoms with Gasteiger partial charge in [0, 0.05) is 0 Å². The van der Waals surface area contributed by atoms with Gasteiger partial charge in [0.2, 0.25) is 0 Å². The maximum atomic E-state index is 0. The van der Waals surface area contributed by atoms with Crippen LogP contribution in [-0.4, -0.2) is 86.6 Å². The summed E-state index contributed by atoms with van der Waals surface area (Å²) in [6.07, 6.45) is 0. The first-order valence-electron chi connectivity index (χ1n) is 0. The minimum Gasteiger partial charge on any atom is -2.00 e. The molecule has 0 amide bonds. The summed E-state index contributed by atoms with van der Waals surface area (Å²) in [5, 5.41) is 0. The molecule has 5 heavy (non-hydrogen) atoms. The number of rotatable bonds is 0. The molecule has 0 aromatic carbocycles. The van der Waals surface area contributed by atoms with Crippen LogP contribution in [0.4, 0.5) is 0 Å². The van der Waals surface area contributed by atoms with Gasteiger partial charge >= 0.3 is 112 Å². The maximum Gasteiger partial charge on any atom is 4.00 e. The Morgan fingerprint density at radius 3 is 1.00 bits per heavy atom. The zero-order valence-corrected chi connectivity index (χ0v) is 13.0. The molecule has 0 bridgehead atoms. The second-order valence-corrected chi connectivity index (χ2v) is 0. The number of hydrogen-bond donors (Lipinski definition) is 0. The van der Waals surface area contributed by atoms with Crippen molar-refractivity contribution in [3.05, 3.63) is 0 Å². The molecule has 0 spiro atoms. The van der Waals surface area contributed by atoms with Crippen molar-refractivity contribution in [2.24, 2.45) is 0 Å². The van der Waals surface area contributed by atoms with E-state index in [-0.39, 0.29) is 129 Å². The van der Waals surface area contributed by atoms with Gasteiger partial charge in [-0.05, 0) is 0 Å². The molecule has 0 unspecified atom stereocenters. The van der Waals surface area contributed by atoms with Gasteiger partial charge in [0.25, 0.3) is 0 Å². The normalized spacial score (nSPS) is 0. The van der Waals surface area contributed by atoms with E-state index in [4.69, 9.17) is 0 Å². The van der Waals surface area contributed by atoms with Crippen LogP contribution in [0.25, 0.3) is 0 Å². The van der Waals surface area contributed by atoms with Gasteiger partial charge in [0.05, 0.1) is 0 Å². The van der Waals surface area contributed by atoms with E-state index < -0.39 is 0 Å². The van der Waals surface area contributed by atoms with E-state index in [1.165, 1.54) is 0 Å². The second-order valence-electron chi connectivity index (χ2n) is 0. The minimum atomic E-state index is 0. The van der Waals surface area contributed by atoms with Crippen LogP contribution in [0.15, 0.2) is 0 Å². The molecule has 0 aromatic rings. The molecule has 0 aromatic heterocycles. The van der Waals surface area contributed by atoms with Crippen molar-refractivity contribution in [1.29, 1.82) is 0 Å². The molecule has 0 aliphatic heterocycles. The molecule has 5 heteroatoms. The molecule has 2 nitrogen and oxygen atoms in total. The Morgan fingerprint density at radius 2 is 1.00 bits per heavy atom. The molecular formula is H4BaCaHfO2. The fourth-order valence-corrected chi connectivity index (χ4v) is 0. The van der Waals surface area contributed by atoms with Crippen molar-refractivity contribution < 1.29 is 42.5 Å². The van der Waals surface area contributed by atoms with Crippen molar-refractivity contribution >= 4 is 86.6 Å². The molecule has 0 heterocycles. The zero-order chi connectivity index (χ0) is 0. The van der Waals surface area contributed by atoms with Crippen molar-refractivity contribution in [2.45, 2.75) is 0 Å². The average molecular weight is 392 g/mol. The van der Waals surface area contributed by atoms with E-state index in [0.717, 1.165) is 0 Å². The first-order valence-corrected chi connectivity index (χ1v) is 0. The fourth-order valence-electron chi connectivity index (χ4n) is 0. The SMILES string of the molecule is [Ba+2].[Ca+2].[H-].[H-].[H-].[H-].[Hf+4].[O-2].[O-2]. The summed E-state index contributed by atoms with van der Waals surface area (Å²) < 4.78 is 0. The fraction of sp³-hybridized carbons (Fsp3) is 0. The first-order chi connectivity index (χ1) is 0. The van der Waals surface area contributed by atoms with Crippen LogP contribution in [0, 0.1) is 0 Å². The van der Waals surface area contributed by atoms with Gasteiger partial charge < -0.3 is 16.7 Å². The Balaban J connectivity index is 0. The van der Waals surface area contributed by atoms with Crippen molar-refractivity contribution in [3.8, 4) is 0 Å². The number of hydrogen-bond acceptors (Lipinski definition) is 0. The van der Waals surface area contributed by atoms with E-state index in [9.17, 15) is 0 Å². The van der Waals surface area contributed by atoms with E-state index in [1.54, 1.807) is 0 Å². The van der Waals surface area contributed by atoms with Crippen LogP contribution >= 0.6 is 0 Å². The molecule has 0 saturated heterocycles. The van der Waals surface area contributed by atoms with Gasteiger partial charge in [-0.1, -0.05) is 0 Å². The molecule has 0 saturated carbocycles. The molecular weight excluding hydrogens is 388 g/mol. The van der Waals surface area contributed by atoms with Gasteiger partial charge in [-0.15, -0.1) is 0 Å². The third-order valence-corrected chi connectivity index (χ3v) is 0. The Morgan fingerprint density at radius 1 is 1.00 bits per heavy atom. The van der Waals surface area contributed by atoms with Crippen molar-refractivity contribution in [3.63, 3.8) is 0 Å². The Labute approximate surface area is 126 Å². The van der Waals surface area contributed by atoms with Crippen LogP contribution in [-0.2, 0) is 36.8 Å². The van der Waals surface area contributed by atoms with Crippen LogP contribution < -0.4 is 0 Å². The van der Waals surface area contributed by atoms with Crippen molar-refractivity contribution in [1.82, 2.24) is 0 Å². The summed E-state index contributed by atoms with van der Waals surface area (Å²) in [6, 6.07) is 0. The zero-order valence-electron chi connectivity index (χ0n) is 6.73. The van der Waals surface area contributed by atoms with Gasteiger partial charge in [-0.3, -0.25) is 0 Å². The third-order valence-electron chi connectivity index (χ3n) is 0. The second kappa shape index (κ2) is 25.5. The van der Waals surface area contributed by atoms with Crippen LogP contribution in [0.1, 0.15) is 5.71 Å². The van der Waals surface area contributed by atoms with E-state index in [1.807, 2.05) is 0 Å².